The van der Waals surface area contributed by atoms with E-state index in [1.165, 1.54) is 0 Å². The van der Waals surface area contributed by atoms with Crippen LogP contribution in [0.4, 0.5) is 0 Å². The van der Waals surface area contributed by atoms with Crippen molar-refractivity contribution in [2.24, 2.45) is 0 Å². The van der Waals surface area contributed by atoms with Gasteiger partial charge in [-0.25, -0.2) is 0 Å². The van der Waals surface area contributed by atoms with Crippen molar-refractivity contribution in [3.8, 4) is 0 Å². The maximum Gasteiger partial charge on any atom is 0.256 e. The van der Waals surface area contributed by atoms with Crippen molar-refractivity contribution in [3.63, 3.8) is 0 Å². The summed E-state index contributed by atoms with van der Waals surface area (Å²) < 4.78 is 1.83. The summed E-state index contributed by atoms with van der Waals surface area (Å²) in [4.78, 5) is 11.8. The van der Waals surface area contributed by atoms with Crippen LogP contribution in [0, 0.1) is 13.8 Å². The van der Waals surface area contributed by atoms with Crippen molar-refractivity contribution >= 4 is 17.7 Å². The Hall–Kier alpha value is -0.940. The first kappa shape index (κ1) is 10.6. The predicted octanol–water partition coefficient (Wildman–Crippen LogP) is 0.838. The van der Waals surface area contributed by atoms with Crippen LogP contribution < -0.4 is 10.7 Å². The Balaban J connectivity index is 2.05. The zero-order valence-corrected chi connectivity index (χ0v) is 9.73. The summed E-state index contributed by atoms with van der Waals surface area (Å²) in [7, 11) is 0. The molecule has 4 nitrogen and oxygen atoms in total. The van der Waals surface area contributed by atoms with Crippen LogP contribution in [0.1, 0.15) is 11.4 Å². The van der Waals surface area contributed by atoms with Crippen LogP contribution in [0.25, 0.3) is 0 Å². The molecular weight excluding hydrogens is 210 g/mol. The number of nitrogens with one attached hydrogen (secondary N) is 2. The molecule has 1 unspecified atom stereocenters. The van der Waals surface area contributed by atoms with Gasteiger partial charge in [0.25, 0.3) is 5.91 Å². The molecule has 0 radical (unpaired) electrons. The van der Waals surface area contributed by atoms with Crippen LogP contribution >= 0.6 is 11.8 Å². The second-order valence-electron chi connectivity index (χ2n) is 3.70. The molecule has 1 aromatic heterocycles. The molecule has 1 fully saturated rings. The van der Waals surface area contributed by atoms with Gasteiger partial charge in [-0.3, -0.25) is 20.2 Å². The standard InChI is InChI=1S/C10H15N3OS/c1-7-3-4-8(2)13(7)12-10(14)9-5-15-6-11-9/h3-4,9,11H,5-6H2,1-2H3,(H,12,14). The van der Waals surface area contributed by atoms with Crippen LogP contribution in [0.15, 0.2) is 12.1 Å². The summed E-state index contributed by atoms with van der Waals surface area (Å²) in [6, 6.07) is 3.93. The lowest BCUT2D eigenvalue weighted by Crippen LogP contribution is -2.41. The minimum absolute atomic E-state index is 0.0439. The molecule has 82 valence electrons. The summed E-state index contributed by atoms with van der Waals surface area (Å²) in [6.07, 6.45) is 0. The van der Waals surface area contributed by atoms with E-state index in [1.54, 1.807) is 11.8 Å². The van der Waals surface area contributed by atoms with E-state index in [0.29, 0.717) is 0 Å². The topological polar surface area (TPSA) is 46.1 Å². The molecule has 2 rings (SSSR count). The first-order valence-electron chi connectivity index (χ1n) is 4.95. The number of aryl methyl sites for hydroxylation is 2. The van der Waals surface area contributed by atoms with Gasteiger partial charge >= 0.3 is 0 Å². The van der Waals surface area contributed by atoms with Gasteiger partial charge in [0.15, 0.2) is 0 Å². The molecule has 0 bridgehead atoms. The number of thioether (sulfide) groups is 1. The van der Waals surface area contributed by atoms with E-state index in [1.807, 2.05) is 30.7 Å². The van der Waals surface area contributed by atoms with Gasteiger partial charge in [-0.15, -0.1) is 11.8 Å². The van der Waals surface area contributed by atoms with E-state index in [4.69, 9.17) is 0 Å². The minimum atomic E-state index is -0.0591. The third-order valence-corrected chi connectivity index (χ3v) is 3.47. The quantitative estimate of drug-likeness (QED) is 0.784. The first-order valence-corrected chi connectivity index (χ1v) is 6.11. The van der Waals surface area contributed by atoms with Crippen molar-refractivity contribution in [3.05, 3.63) is 23.5 Å². The number of hydrogen-bond acceptors (Lipinski definition) is 3. The fraction of sp³-hybridized carbons (Fsp3) is 0.500. The van der Waals surface area contributed by atoms with Gasteiger partial charge in [0.05, 0.1) is 6.04 Å². The highest BCUT2D eigenvalue weighted by Gasteiger charge is 2.22. The summed E-state index contributed by atoms with van der Waals surface area (Å²) in [5.74, 6) is 1.76. The molecule has 0 aliphatic carbocycles. The van der Waals surface area contributed by atoms with Gasteiger partial charge in [-0.1, -0.05) is 0 Å². The van der Waals surface area contributed by atoms with Gasteiger partial charge in [-0.05, 0) is 26.0 Å². The highest BCUT2D eigenvalue weighted by Crippen LogP contribution is 2.10. The minimum Gasteiger partial charge on any atom is -0.296 e. The molecule has 1 saturated heterocycles. The van der Waals surface area contributed by atoms with Crippen molar-refractivity contribution in [2.75, 3.05) is 17.1 Å². The van der Waals surface area contributed by atoms with Crippen molar-refractivity contribution in [1.82, 2.24) is 9.99 Å². The van der Waals surface area contributed by atoms with Crippen molar-refractivity contribution in [2.45, 2.75) is 19.9 Å². The number of carbonyl (C=O) groups is 1. The van der Waals surface area contributed by atoms with Crippen molar-refractivity contribution in [1.29, 1.82) is 0 Å². The van der Waals surface area contributed by atoms with Crippen LogP contribution in [-0.4, -0.2) is 28.3 Å². The smallest absolute Gasteiger partial charge is 0.256 e. The lowest BCUT2D eigenvalue weighted by atomic mass is 10.3. The maximum absolute atomic E-state index is 11.8. The maximum atomic E-state index is 11.8. The number of hydrogen-bond donors (Lipinski definition) is 2. The first-order chi connectivity index (χ1) is 7.18. The molecule has 2 heterocycles. The average Bonchev–Trinajstić information content (AvgIpc) is 2.82. The number of aromatic nitrogens is 1. The molecule has 1 aliphatic heterocycles. The highest BCUT2D eigenvalue weighted by molar-refractivity contribution is 7.99. The van der Waals surface area contributed by atoms with Gasteiger partial charge < -0.3 is 0 Å². The Labute approximate surface area is 93.4 Å². The van der Waals surface area contributed by atoms with Gasteiger partial charge in [0.2, 0.25) is 0 Å². The Morgan fingerprint density at radius 2 is 2.20 bits per heavy atom. The fourth-order valence-electron chi connectivity index (χ4n) is 1.60. The van der Waals surface area contributed by atoms with Crippen LogP contribution in [0.5, 0.6) is 0 Å². The summed E-state index contributed by atoms with van der Waals surface area (Å²) in [5, 5.41) is 3.15. The predicted molar refractivity (Wildman–Crippen MR) is 62.5 cm³/mol. The zero-order chi connectivity index (χ0) is 10.8. The van der Waals surface area contributed by atoms with Crippen LogP contribution in [-0.2, 0) is 4.79 Å². The van der Waals surface area contributed by atoms with Crippen molar-refractivity contribution < 1.29 is 4.79 Å². The Morgan fingerprint density at radius 1 is 1.53 bits per heavy atom. The number of nitrogens with zero attached hydrogens (tertiary/aromatic N) is 1. The summed E-state index contributed by atoms with van der Waals surface area (Å²) in [6.45, 7) is 3.95. The SMILES string of the molecule is Cc1ccc(C)n1NC(=O)C1CSCN1. The number of carbonyl (C=O) groups excluding carboxylic acids is 1. The zero-order valence-electron chi connectivity index (χ0n) is 8.91. The lowest BCUT2D eigenvalue weighted by Gasteiger charge is -2.14. The van der Waals surface area contributed by atoms with E-state index >= 15 is 0 Å². The molecule has 15 heavy (non-hydrogen) atoms. The number of amides is 1. The Bertz CT molecular complexity index is 349. The molecule has 1 atom stereocenters. The monoisotopic (exact) mass is 225 g/mol. The van der Waals surface area contributed by atoms with E-state index in [9.17, 15) is 4.79 Å². The van der Waals surface area contributed by atoms with E-state index in [2.05, 4.69) is 10.7 Å². The third kappa shape index (κ3) is 2.18. The Kier molecular flexibility index (Phi) is 3.02. The molecule has 1 aromatic rings. The van der Waals surface area contributed by atoms with Gasteiger partial charge in [0.1, 0.15) is 0 Å². The molecule has 0 saturated carbocycles. The van der Waals surface area contributed by atoms with Crippen LogP contribution in [0.3, 0.4) is 0 Å². The van der Waals surface area contributed by atoms with Gasteiger partial charge in [-0.2, -0.15) is 0 Å². The summed E-state index contributed by atoms with van der Waals surface area (Å²) >= 11 is 1.75. The molecule has 0 spiro atoms. The van der Waals surface area contributed by atoms with Crippen LogP contribution in [0.2, 0.25) is 0 Å². The second-order valence-corrected chi connectivity index (χ2v) is 4.73. The van der Waals surface area contributed by atoms with E-state index in [-0.39, 0.29) is 11.9 Å². The largest absolute Gasteiger partial charge is 0.296 e. The molecular formula is C10H15N3OS. The molecule has 1 amide bonds. The highest BCUT2D eigenvalue weighted by atomic mass is 32.2. The average molecular weight is 225 g/mol. The number of rotatable bonds is 2. The molecule has 2 N–H and O–H groups in total. The second kappa shape index (κ2) is 4.28. The summed E-state index contributed by atoms with van der Waals surface area (Å²) in [5.41, 5.74) is 5.00. The molecule has 0 aromatic carbocycles. The fourth-order valence-corrected chi connectivity index (χ4v) is 2.54. The van der Waals surface area contributed by atoms with E-state index < -0.39 is 0 Å². The third-order valence-electron chi connectivity index (χ3n) is 2.53. The van der Waals surface area contributed by atoms with E-state index in [0.717, 1.165) is 23.0 Å². The normalized spacial score (nSPS) is 20.5. The van der Waals surface area contributed by atoms with Gasteiger partial charge in [0, 0.05) is 23.0 Å². The molecule has 1 aliphatic rings. The molecule has 5 heteroatoms. The Morgan fingerprint density at radius 3 is 2.73 bits per heavy atom. The lowest BCUT2D eigenvalue weighted by molar-refractivity contribution is -0.118.